The molecule has 0 fully saturated rings. The number of ether oxygens (including phenoxy) is 2. The minimum Gasteiger partial charge on any atom is -0.490 e. The van der Waals surface area contributed by atoms with E-state index in [1.807, 2.05) is 6.92 Å². The molecular formula is C18H18F3NO3. The lowest BCUT2D eigenvalue weighted by atomic mass is 10.1. The van der Waals surface area contributed by atoms with E-state index in [1.165, 1.54) is 12.1 Å². The SMILES string of the molecule is CCOCCOc1ccccc1C(=O)Nc1cccc(C(F)(F)F)c1. The Morgan fingerprint density at radius 2 is 1.84 bits per heavy atom. The Hall–Kier alpha value is -2.54. The number of rotatable bonds is 7. The molecule has 0 heterocycles. The van der Waals surface area contributed by atoms with Gasteiger partial charge < -0.3 is 14.8 Å². The van der Waals surface area contributed by atoms with Gasteiger partial charge in [0.15, 0.2) is 0 Å². The smallest absolute Gasteiger partial charge is 0.416 e. The third-order valence-corrected chi connectivity index (χ3v) is 3.27. The number of amides is 1. The molecule has 0 spiro atoms. The highest BCUT2D eigenvalue weighted by atomic mass is 19.4. The van der Waals surface area contributed by atoms with Gasteiger partial charge in [0.1, 0.15) is 12.4 Å². The highest BCUT2D eigenvalue weighted by Gasteiger charge is 2.30. The van der Waals surface area contributed by atoms with E-state index in [0.717, 1.165) is 12.1 Å². The van der Waals surface area contributed by atoms with Crippen LogP contribution in [-0.2, 0) is 10.9 Å². The summed E-state index contributed by atoms with van der Waals surface area (Å²) in [6.45, 7) is 3.05. The monoisotopic (exact) mass is 353 g/mol. The molecule has 0 saturated heterocycles. The molecule has 7 heteroatoms. The van der Waals surface area contributed by atoms with Crippen LogP contribution in [0.25, 0.3) is 0 Å². The lowest BCUT2D eigenvalue weighted by molar-refractivity contribution is -0.137. The fourth-order valence-electron chi connectivity index (χ4n) is 2.11. The Labute approximate surface area is 143 Å². The summed E-state index contributed by atoms with van der Waals surface area (Å²) in [4.78, 5) is 12.4. The predicted molar refractivity (Wildman–Crippen MR) is 87.8 cm³/mol. The van der Waals surface area contributed by atoms with E-state index < -0.39 is 17.6 Å². The van der Waals surface area contributed by atoms with Crippen molar-refractivity contribution >= 4 is 11.6 Å². The number of para-hydroxylation sites is 1. The number of hydrogen-bond donors (Lipinski definition) is 1. The largest absolute Gasteiger partial charge is 0.490 e. The summed E-state index contributed by atoms with van der Waals surface area (Å²) in [5.41, 5.74) is -0.535. The second kappa shape index (κ2) is 8.53. The normalized spacial score (nSPS) is 11.2. The van der Waals surface area contributed by atoms with Crippen molar-refractivity contribution in [1.29, 1.82) is 0 Å². The van der Waals surface area contributed by atoms with Gasteiger partial charge in [-0.1, -0.05) is 18.2 Å². The molecule has 0 saturated carbocycles. The summed E-state index contributed by atoms with van der Waals surface area (Å²) < 4.78 is 48.9. The van der Waals surface area contributed by atoms with Crippen molar-refractivity contribution in [3.05, 3.63) is 59.7 Å². The standard InChI is InChI=1S/C18H18F3NO3/c1-2-24-10-11-25-16-9-4-3-8-15(16)17(23)22-14-7-5-6-13(12-14)18(19,20)21/h3-9,12H,2,10-11H2,1H3,(H,22,23). The van der Waals surface area contributed by atoms with E-state index in [9.17, 15) is 18.0 Å². The van der Waals surface area contributed by atoms with Crippen molar-refractivity contribution in [2.45, 2.75) is 13.1 Å². The van der Waals surface area contributed by atoms with Crippen LogP contribution in [0, 0.1) is 0 Å². The van der Waals surface area contributed by atoms with Crippen molar-refractivity contribution in [2.75, 3.05) is 25.1 Å². The average molecular weight is 353 g/mol. The minimum absolute atomic E-state index is 0.0592. The molecule has 2 rings (SSSR count). The van der Waals surface area contributed by atoms with Gasteiger partial charge in [-0.2, -0.15) is 13.2 Å². The highest BCUT2D eigenvalue weighted by Crippen LogP contribution is 2.31. The fraction of sp³-hybridized carbons (Fsp3) is 0.278. The number of nitrogens with one attached hydrogen (secondary N) is 1. The van der Waals surface area contributed by atoms with Crippen molar-refractivity contribution in [2.24, 2.45) is 0 Å². The maximum Gasteiger partial charge on any atom is 0.416 e. The zero-order chi connectivity index (χ0) is 18.3. The average Bonchev–Trinajstić information content (AvgIpc) is 2.58. The first-order valence-electron chi connectivity index (χ1n) is 7.70. The Kier molecular flexibility index (Phi) is 6.41. The molecule has 134 valence electrons. The number of alkyl halides is 3. The van der Waals surface area contributed by atoms with Gasteiger partial charge in [-0.05, 0) is 37.3 Å². The zero-order valence-corrected chi connectivity index (χ0v) is 13.6. The van der Waals surface area contributed by atoms with Crippen LogP contribution in [0.3, 0.4) is 0 Å². The number of halogens is 3. The summed E-state index contributed by atoms with van der Waals surface area (Å²) in [6, 6.07) is 11.0. The van der Waals surface area contributed by atoms with Crippen LogP contribution in [0.1, 0.15) is 22.8 Å². The second-order valence-corrected chi connectivity index (χ2v) is 5.07. The van der Waals surface area contributed by atoms with Gasteiger partial charge in [-0.15, -0.1) is 0 Å². The van der Waals surface area contributed by atoms with Crippen LogP contribution in [0.15, 0.2) is 48.5 Å². The van der Waals surface area contributed by atoms with Crippen LogP contribution in [0.5, 0.6) is 5.75 Å². The molecule has 0 aromatic heterocycles. The fourth-order valence-corrected chi connectivity index (χ4v) is 2.11. The first-order chi connectivity index (χ1) is 11.9. The molecular weight excluding hydrogens is 335 g/mol. The molecule has 0 aliphatic carbocycles. The van der Waals surface area contributed by atoms with Crippen molar-refractivity contribution in [3.63, 3.8) is 0 Å². The van der Waals surface area contributed by atoms with Crippen molar-refractivity contribution in [3.8, 4) is 5.75 Å². The number of hydrogen-bond acceptors (Lipinski definition) is 3. The molecule has 0 aliphatic heterocycles. The summed E-state index contributed by atoms with van der Waals surface area (Å²) in [7, 11) is 0. The molecule has 0 aliphatic rings. The van der Waals surface area contributed by atoms with Gasteiger partial charge in [-0.25, -0.2) is 0 Å². The predicted octanol–water partition coefficient (Wildman–Crippen LogP) is 4.37. The molecule has 0 unspecified atom stereocenters. The van der Waals surface area contributed by atoms with Crippen LogP contribution in [0.4, 0.5) is 18.9 Å². The number of benzene rings is 2. The van der Waals surface area contributed by atoms with E-state index in [0.29, 0.717) is 19.0 Å². The lowest BCUT2D eigenvalue weighted by Crippen LogP contribution is -2.15. The Bertz CT molecular complexity index is 717. The van der Waals surface area contributed by atoms with Gasteiger partial charge in [0.25, 0.3) is 5.91 Å². The number of carbonyl (C=O) groups excluding carboxylic acids is 1. The zero-order valence-electron chi connectivity index (χ0n) is 13.6. The van der Waals surface area contributed by atoms with Crippen molar-refractivity contribution < 1.29 is 27.4 Å². The van der Waals surface area contributed by atoms with Gasteiger partial charge >= 0.3 is 6.18 Å². The summed E-state index contributed by atoms with van der Waals surface area (Å²) >= 11 is 0. The maximum absolute atomic E-state index is 12.7. The lowest BCUT2D eigenvalue weighted by Gasteiger charge is -2.13. The molecule has 0 atom stereocenters. The summed E-state index contributed by atoms with van der Waals surface area (Å²) in [5.74, 6) is -0.210. The molecule has 2 aromatic carbocycles. The first-order valence-corrected chi connectivity index (χ1v) is 7.70. The van der Waals surface area contributed by atoms with Crippen LogP contribution in [0.2, 0.25) is 0 Å². The molecule has 25 heavy (non-hydrogen) atoms. The van der Waals surface area contributed by atoms with Gasteiger partial charge in [0.2, 0.25) is 0 Å². The van der Waals surface area contributed by atoms with E-state index in [1.54, 1.807) is 24.3 Å². The van der Waals surface area contributed by atoms with Gasteiger partial charge in [-0.3, -0.25) is 4.79 Å². The number of carbonyl (C=O) groups is 1. The molecule has 1 amide bonds. The van der Waals surface area contributed by atoms with Crippen LogP contribution >= 0.6 is 0 Å². The van der Waals surface area contributed by atoms with Gasteiger partial charge in [0.05, 0.1) is 17.7 Å². The molecule has 0 radical (unpaired) electrons. The Morgan fingerprint density at radius 3 is 2.56 bits per heavy atom. The second-order valence-electron chi connectivity index (χ2n) is 5.07. The Balaban J connectivity index is 2.11. The topological polar surface area (TPSA) is 47.6 Å². The molecule has 4 nitrogen and oxygen atoms in total. The molecule has 2 aromatic rings. The van der Waals surface area contributed by atoms with Crippen LogP contribution in [-0.4, -0.2) is 25.7 Å². The van der Waals surface area contributed by atoms with E-state index >= 15 is 0 Å². The summed E-state index contributed by atoms with van der Waals surface area (Å²) in [6.07, 6.45) is -4.47. The Morgan fingerprint density at radius 1 is 1.08 bits per heavy atom. The van der Waals surface area contributed by atoms with Crippen LogP contribution < -0.4 is 10.1 Å². The van der Waals surface area contributed by atoms with E-state index in [2.05, 4.69) is 5.32 Å². The van der Waals surface area contributed by atoms with Crippen molar-refractivity contribution in [1.82, 2.24) is 0 Å². The third kappa shape index (κ3) is 5.49. The number of anilines is 1. The summed E-state index contributed by atoms with van der Waals surface area (Å²) in [5, 5.41) is 2.46. The van der Waals surface area contributed by atoms with E-state index in [4.69, 9.17) is 9.47 Å². The van der Waals surface area contributed by atoms with Gasteiger partial charge in [0, 0.05) is 12.3 Å². The minimum atomic E-state index is -4.47. The highest BCUT2D eigenvalue weighted by molar-refractivity contribution is 6.06. The molecule has 1 N–H and O–H groups in total. The van der Waals surface area contributed by atoms with E-state index in [-0.39, 0.29) is 17.9 Å². The quantitative estimate of drug-likeness (QED) is 0.752. The third-order valence-electron chi connectivity index (χ3n) is 3.27. The first kappa shape index (κ1) is 18.8. The maximum atomic E-state index is 12.7. The molecule has 0 bridgehead atoms.